The second kappa shape index (κ2) is 8.26. The molecule has 0 aromatic heterocycles. The number of benzene rings is 2. The molecule has 0 spiro atoms. The van der Waals surface area contributed by atoms with Gasteiger partial charge in [0.15, 0.2) is 5.11 Å². The molecule has 0 fully saturated rings. The van der Waals surface area contributed by atoms with Gasteiger partial charge in [-0.25, -0.2) is 0 Å². The smallest absolute Gasteiger partial charge is 0.250 e. The highest BCUT2D eigenvalue weighted by Gasteiger charge is 2.01. The molecule has 0 atom stereocenters. The molecule has 1 amide bonds. The van der Waals surface area contributed by atoms with Crippen LogP contribution in [0.4, 0.5) is 5.69 Å². The first-order valence-corrected chi connectivity index (χ1v) is 8.20. The third kappa shape index (κ3) is 5.75. The number of thiocarbonyl (C=S) groups is 1. The van der Waals surface area contributed by atoms with Crippen LogP contribution in [-0.2, 0) is 4.79 Å². The molecule has 22 heavy (non-hydrogen) atoms. The molecule has 0 aliphatic carbocycles. The third-order valence-corrected chi connectivity index (χ3v) is 3.81. The van der Waals surface area contributed by atoms with Crippen LogP contribution < -0.4 is 10.6 Å². The summed E-state index contributed by atoms with van der Waals surface area (Å²) in [6.07, 6.45) is 3.12. The SMILES string of the molecule is O=C(/C=C/c1ccc(Cl)cc1)NC(=S)Nc1ccc(I)cc1. The number of carbonyl (C=O) groups is 1. The summed E-state index contributed by atoms with van der Waals surface area (Å²) in [5.41, 5.74) is 1.71. The normalized spacial score (nSPS) is 10.5. The van der Waals surface area contributed by atoms with Gasteiger partial charge in [-0.1, -0.05) is 23.7 Å². The number of carbonyl (C=O) groups excluding carboxylic acids is 1. The average molecular weight is 443 g/mol. The van der Waals surface area contributed by atoms with E-state index in [1.165, 1.54) is 6.08 Å². The standard InChI is InChI=1S/C16H12ClIN2OS/c17-12-4-1-11(2-5-12)3-10-15(21)20-16(22)19-14-8-6-13(18)7-9-14/h1-10H,(H2,19,20,21,22)/b10-3+. The summed E-state index contributed by atoms with van der Waals surface area (Å²) in [4.78, 5) is 11.8. The lowest BCUT2D eigenvalue weighted by Crippen LogP contribution is -2.32. The van der Waals surface area contributed by atoms with E-state index in [0.29, 0.717) is 5.02 Å². The van der Waals surface area contributed by atoms with Gasteiger partial charge in [-0.2, -0.15) is 0 Å². The molecular weight excluding hydrogens is 431 g/mol. The Labute approximate surface area is 152 Å². The van der Waals surface area contributed by atoms with E-state index in [1.54, 1.807) is 18.2 Å². The Kier molecular flexibility index (Phi) is 6.35. The Balaban J connectivity index is 1.87. The van der Waals surface area contributed by atoms with Crippen LogP contribution in [0, 0.1) is 3.57 Å². The van der Waals surface area contributed by atoms with Crippen molar-refractivity contribution in [1.29, 1.82) is 0 Å². The number of nitrogens with one attached hydrogen (secondary N) is 2. The van der Waals surface area contributed by atoms with Gasteiger partial charge in [-0.05, 0) is 82.8 Å². The molecule has 0 saturated carbocycles. The zero-order valence-electron chi connectivity index (χ0n) is 11.3. The number of amides is 1. The number of hydrogen-bond donors (Lipinski definition) is 2. The van der Waals surface area contributed by atoms with Crippen LogP contribution in [0.3, 0.4) is 0 Å². The van der Waals surface area contributed by atoms with Gasteiger partial charge >= 0.3 is 0 Å². The van der Waals surface area contributed by atoms with E-state index in [1.807, 2.05) is 36.4 Å². The average Bonchev–Trinajstić information content (AvgIpc) is 2.49. The maximum absolute atomic E-state index is 11.8. The molecule has 3 nitrogen and oxygen atoms in total. The minimum absolute atomic E-state index is 0.256. The highest BCUT2D eigenvalue weighted by molar-refractivity contribution is 14.1. The van der Waals surface area contributed by atoms with Crippen LogP contribution in [-0.4, -0.2) is 11.0 Å². The first-order valence-electron chi connectivity index (χ1n) is 6.34. The van der Waals surface area contributed by atoms with Gasteiger partial charge < -0.3 is 5.32 Å². The fourth-order valence-electron chi connectivity index (χ4n) is 1.59. The van der Waals surface area contributed by atoms with Gasteiger partial charge in [0, 0.05) is 20.4 Å². The van der Waals surface area contributed by atoms with Crippen LogP contribution in [0.15, 0.2) is 54.6 Å². The first-order chi connectivity index (χ1) is 10.5. The second-order valence-corrected chi connectivity index (χ2v) is 6.43. The Morgan fingerprint density at radius 3 is 2.36 bits per heavy atom. The van der Waals surface area contributed by atoms with Crippen molar-refractivity contribution in [3.8, 4) is 0 Å². The van der Waals surface area contributed by atoms with Crippen molar-refractivity contribution in [3.05, 3.63) is 68.8 Å². The quantitative estimate of drug-likeness (QED) is 0.419. The van der Waals surface area contributed by atoms with E-state index >= 15 is 0 Å². The van der Waals surface area contributed by atoms with E-state index < -0.39 is 0 Å². The van der Waals surface area contributed by atoms with Crippen molar-refractivity contribution < 1.29 is 4.79 Å². The largest absolute Gasteiger partial charge is 0.332 e. The molecule has 112 valence electrons. The molecule has 0 bridgehead atoms. The summed E-state index contributed by atoms with van der Waals surface area (Å²) in [6, 6.07) is 14.9. The van der Waals surface area contributed by atoms with Gasteiger partial charge in [0.05, 0.1) is 0 Å². The minimum Gasteiger partial charge on any atom is -0.332 e. The van der Waals surface area contributed by atoms with Gasteiger partial charge in [0.25, 0.3) is 0 Å². The van der Waals surface area contributed by atoms with Crippen molar-refractivity contribution in [2.75, 3.05) is 5.32 Å². The number of rotatable bonds is 3. The maximum atomic E-state index is 11.8. The number of hydrogen-bond acceptors (Lipinski definition) is 2. The lowest BCUT2D eigenvalue weighted by Gasteiger charge is -2.08. The summed E-state index contributed by atoms with van der Waals surface area (Å²) in [6.45, 7) is 0. The molecule has 0 unspecified atom stereocenters. The van der Waals surface area contributed by atoms with Crippen LogP contribution in [0.2, 0.25) is 5.02 Å². The first kappa shape index (κ1) is 16.9. The molecule has 0 radical (unpaired) electrons. The van der Waals surface area contributed by atoms with Gasteiger partial charge in [-0.15, -0.1) is 0 Å². The molecule has 2 aromatic rings. The molecule has 0 saturated heterocycles. The van der Waals surface area contributed by atoms with Crippen molar-refractivity contribution in [2.45, 2.75) is 0 Å². The molecule has 2 aromatic carbocycles. The van der Waals surface area contributed by atoms with E-state index in [9.17, 15) is 4.79 Å². The van der Waals surface area contributed by atoms with Gasteiger partial charge in [0.2, 0.25) is 5.91 Å². The second-order valence-electron chi connectivity index (χ2n) is 4.34. The summed E-state index contributed by atoms with van der Waals surface area (Å²) < 4.78 is 1.13. The monoisotopic (exact) mass is 442 g/mol. The van der Waals surface area contributed by atoms with Crippen molar-refractivity contribution in [2.24, 2.45) is 0 Å². The van der Waals surface area contributed by atoms with Crippen LogP contribution in [0.1, 0.15) is 5.56 Å². The zero-order valence-corrected chi connectivity index (χ0v) is 15.1. The maximum Gasteiger partial charge on any atom is 0.250 e. The highest BCUT2D eigenvalue weighted by atomic mass is 127. The molecule has 2 rings (SSSR count). The van der Waals surface area contributed by atoms with E-state index in [-0.39, 0.29) is 11.0 Å². The number of anilines is 1. The fourth-order valence-corrected chi connectivity index (χ4v) is 2.30. The summed E-state index contributed by atoms with van der Waals surface area (Å²) in [7, 11) is 0. The summed E-state index contributed by atoms with van der Waals surface area (Å²) in [5.74, 6) is -0.294. The van der Waals surface area contributed by atoms with Gasteiger partial charge in [-0.3, -0.25) is 10.1 Å². The van der Waals surface area contributed by atoms with E-state index in [2.05, 4.69) is 33.2 Å². The van der Waals surface area contributed by atoms with E-state index in [0.717, 1.165) is 14.8 Å². The summed E-state index contributed by atoms with van der Waals surface area (Å²) >= 11 is 13.1. The highest BCUT2D eigenvalue weighted by Crippen LogP contribution is 2.11. The molecule has 6 heteroatoms. The van der Waals surface area contributed by atoms with Crippen LogP contribution >= 0.6 is 46.4 Å². The minimum atomic E-state index is -0.294. The van der Waals surface area contributed by atoms with Crippen LogP contribution in [0.25, 0.3) is 6.08 Å². The zero-order chi connectivity index (χ0) is 15.9. The Hall–Kier alpha value is -1.44. The van der Waals surface area contributed by atoms with E-state index in [4.69, 9.17) is 23.8 Å². The summed E-state index contributed by atoms with van der Waals surface area (Å²) in [5, 5.41) is 6.46. The van der Waals surface area contributed by atoms with Crippen LogP contribution in [0.5, 0.6) is 0 Å². The van der Waals surface area contributed by atoms with Crippen molar-refractivity contribution in [1.82, 2.24) is 5.32 Å². The Morgan fingerprint density at radius 1 is 1.09 bits per heavy atom. The predicted octanol–water partition coefficient (Wildman–Crippen LogP) is 4.47. The van der Waals surface area contributed by atoms with Gasteiger partial charge in [0.1, 0.15) is 0 Å². The molecule has 0 aliphatic heterocycles. The third-order valence-electron chi connectivity index (χ3n) is 2.64. The molecule has 0 aliphatic rings. The Bertz CT molecular complexity index is 699. The Morgan fingerprint density at radius 2 is 1.73 bits per heavy atom. The molecular formula is C16H12ClIN2OS. The lowest BCUT2D eigenvalue weighted by atomic mass is 10.2. The molecule has 0 heterocycles. The lowest BCUT2D eigenvalue weighted by molar-refractivity contribution is -0.115. The fraction of sp³-hybridized carbons (Fsp3) is 0. The predicted molar refractivity (Wildman–Crippen MR) is 104 cm³/mol. The topological polar surface area (TPSA) is 41.1 Å². The number of halogens is 2. The van der Waals surface area contributed by atoms with Crippen molar-refractivity contribution >= 4 is 69.2 Å². The molecule has 2 N–H and O–H groups in total. The van der Waals surface area contributed by atoms with Crippen molar-refractivity contribution in [3.63, 3.8) is 0 Å².